The summed E-state index contributed by atoms with van der Waals surface area (Å²) in [4.78, 5) is 22.5. The van der Waals surface area contributed by atoms with Gasteiger partial charge in [0.2, 0.25) is 11.8 Å². The Bertz CT molecular complexity index is 454. The molecule has 0 saturated carbocycles. The van der Waals surface area contributed by atoms with Crippen LogP contribution in [-0.4, -0.2) is 83.4 Å². The molecule has 8 nitrogen and oxygen atoms in total. The predicted octanol–water partition coefficient (Wildman–Crippen LogP) is 2.78. The molecule has 0 aliphatic rings. The molecule has 190 valence electrons. The highest BCUT2D eigenvalue weighted by Crippen LogP contribution is 1.99. The SMILES string of the molecule is CCC(=O)NCC(F)COCCCCCOCCOCCCCCNC(=O)COC(C)C. The minimum atomic E-state index is -1.16. The van der Waals surface area contributed by atoms with Crippen molar-refractivity contribution in [2.75, 3.05) is 59.3 Å². The summed E-state index contributed by atoms with van der Waals surface area (Å²) in [7, 11) is 0. The lowest BCUT2D eigenvalue weighted by atomic mass is 10.2. The second kappa shape index (κ2) is 22.9. The lowest BCUT2D eigenvalue weighted by Gasteiger charge is -2.10. The fourth-order valence-electron chi connectivity index (χ4n) is 2.55. The van der Waals surface area contributed by atoms with Gasteiger partial charge < -0.3 is 29.6 Å². The lowest BCUT2D eigenvalue weighted by molar-refractivity contribution is -0.127. The van der Waals surface area contributed by atoms with E-state index in [9.17, 15) is 14.0 Å². The third-order valence-corrected chi connectivity index (χ3v) is 4.43. The van der Waals surface area contributed by atoms with Crippen LogP contribution in [0.3, 0.4) is 0 Å². The van der Waals surface area contributed by atoms with Crippen LogP contribution in [-0.2, 0) is 28.5 Å². The van der Waals surface area contributed by atoms with Crippen molar-refractivity contribution < 1.29 is 32.9 Å². The van der Waals surface area contributed by atoms with E-state index in [1.807, 2.05) is 13.8 Å². The number of rotatable bonds is 23. The Labute approximate surface area is 193 Å². The van der Waals surface area contributed by atoms with Crippen molar-refractivity contribution in [3.63, 3.8) is 0 Å². The highest BCUT2D eigenvalue weighted by atomic mass is 19.1. The van der Waals surface area contributed by atoms with Gasteiger partial charge in [-0.2, -0.15) is 0 Å². The number of unbranched alkanes of at least 4 members (excludes halogenated alkanes) is 4. The maximum atomic E-state index is 13.5. The largest absolute Gasteiger partial charge is 0.379 e. The lowest BCUT2D eigenvalue weighted by Crippen LogP contribution is -2.31. The summed E-state index contributed by atoms with van der Waals surface area (Å²) in [5, 5.41) is 5.35. The van der Waals surface area contributed by atoms with Crippen molar-refractivity contribution in [2.45, 2.75) is 78.0 Å². The van der Waals surface area contributed by atoms with Crippen LogP contribution >= 0.6 is 0 Å². The molecule has 2 amide bonds. The van der Waals surface area contributed by atoms with E-state index in [0.717, 1.165) is 38.5 Å². The van der Waals surface area contributed by atoms with Crippen LogP contribution in [0.1, 0.15) is 65.7 Å². The van der Waals surface area contributed by atoms with E-state index in [2.05, 4.69) is 10.6 Å². The highest BCUT2D eigenvalue weighted by Gasteiger charge is 2.07. The molecule has 0 rings (SSSR count). The zero-order valence-electron chi connectivity index (χ0n) is 20.3. The van der Waals surface area contributed by atoms with Crippen molar-refractivity contribution >= 4 is 11.8 Å². The van der Waals surface area contributed by atoms with Gasteiger partial charge >= 0.3 is 0 Å². The van der Waals surface area contributed by atoms with Gasteiger partial charge in [0.15, 0.2) is 0 Å². The summed E-state index contributed by atoms with van der Waals surface area (Å²) in [5.74, 6) is -0.217. The summed E-state index contributed by atoms with van der Waals surface area (Å²) in [5.41, 5.74) is 0. The molecule has 0 spiro atoms. The Morgan fingerprint density at radius 1 is 0.781 bits per heavy atom. The second-order valence-corrected chi connectivity index (χ2v) is 7.89. The van der Waals surface area contributed by atoms with Gasteiger partial charge in [-0.15, -0.1) is 0 Å². The molecule has 0 radical (unpaired) electrons. The third-order valence-electron chi connectivity index (χ3n) is 4.43. The average Bonchev–Trinajstić information content (AvgIpc) is 2.77. The van der Waals surface area contributed by atoms with Crippen LogP contribution in [0.25, 0.3) is 0 Å². The van der Waals surface area contributed by atoms with Gasteiger partial charge in [-0.05, 0) is 52.4 Å². The van der Waals surface area contributed by atoms with Crippen LogP contribution in [0.4, 0.5) is 4.39 Å². The number of hydrogen-bond donors (Lipinski definition) is 2. The maximum absolute atomic E-state index is 13.5. The molecule has 0 aromatic rings. The topological polar surface area (TPSA) is 95.1 Å². The molecule has 0 heterocycles. The smallest absolute Gasteiger partial charge is 0.246 e. The molecule has 0 aromatic heterocycles. The first-order valence-electron chi connectivity index (χ1n) is 12.0. The van der Waals surface area contributed by atoms with Gasteiger partial charge in [0.25, 0.3) is 0 Å². The number of nitrogens with one attached hydrogen (secondary N) is 2. The molecule has 0 aliphatic carbocycles. The quantitative estimate of drug-likeness (QED) is 0.226. The molecule has 1 atom stereocenters. The van der Waals surface area contributed by atoms with Gasteiger partial charge in [-0.1, -0.05) is 6.92 Å². The van der Waals surface area contributed by atoms with Crippen molar-refractivity contribution in [1.82, 2.24) is 10.6 Å². The number of alkyl halides is 1. The molecule has 0 aliphatic heterocycles. The molecular formula is C23H45FN2O6. The molecule has 0 aromatic carbocycles. The Kier molecular flexibility index (Phi) is 22.0. The van der Waals surface area contributed by atoms with E-state index in [1.165, 1.54) is 0 Å². The molecule has 32 heavy (non-hydrogen) atoms. The third kappa shape index (κ3) is 23.4. The summed E-state index contributed by atoms with van der Waals surface area (Å²) in [6, 6.07) is 0. The fourth-order valence-corrected chi connectivity index (χ4v) is 2.55. The number of hydrogen-bond acceptors (Lipinski definition) is 6. The molecule has 0 fully saturated rings. The van der Waals surface area contributed by atoms with Crippen LogP contribution in [0, 0.1) is 0 Å². The number of halogens is 1. The van der Waals surface area contributed by atoms with Gasteiger partial charge in [0.05, 0.1) is 32.5 Å². The van der Waals surface area contributed by atoms with E-state index in [0.29, 0.717) is 46.0 Å². The zero-order chi connectivity index (χ0) is 23.9. The summed E-state index contributed by atoms with van der Waals surface area (Å²) in [6.07, 6.45) is 4.92. The Balaban J connectivity index is 3.19. The first-order chi connectivity index (χ1) is 15.5. The van der Waals surface area contributed by atoms with Crippen molar-refractivity contribution in [3.8, 4) is 0 Å². The van der Waals surface area contributed by atoms with Crippen LogP contribution in [0.5, 0.6) is 0 Å². The summed E-state index contributed by atoms with van der Waals surface area (Å²) in [6.45, 7) is 9.40. The first kappa shape index (κ1) is 30.7. The standard InChI is InChI=1S/C23H45FN2O6/c1-4-22(27)26-17-21(24)18-31-14-10-6-9-13-30-16-15-29-12-8-5-7-11-25-23(28)19-32-20(2)3/h20-21H,4-19H2,1-3H3,(H,25,28)(H,26,27). The molecule has 9 heteroatoms. The van der Waals surface area contributed by atoms with Crippen molar-refractivity contribution in [3.05, 3.63) is 0 Å². The molecule has 0 saturated heterocycles. The highest BCUT2D eigenvalue weighted by molar-refractivity contribution is 5.77. The maximum Gasteiger partial charge on any atom is 0.246 e. The van der Waals surface area contributed by atoms with E-state index >= 15 is 0 Å². The number of amides is 2. The van der Waals surface area contributed by atoms with E-state index in [1.54, 1.807) is 6.92 Å². The monoisotopic (exact) mass is 464 g/mol. The fraction of sp³-hybridized carbons (Fsp3) is 0.913. The van der Waals surface area contributed by atoms with Crippen LogP contribution in [0.2, 0.25) is 0 Å². The molecular weight excluding hydrogens is 419 g/mol. The van der Waals surface area contributed by atoms with E-state index in [-0.39, 0.29) is 37.7 Å². The van der Waals surface area contributed by atoms with Crippen molar-refractivity contribution in [2.24, 2.45) is 0 Å². The Morgan fingerprint density at radius 3 is 1.97 bits per heavy atom. The number of carbonyl (C=O) groups excluding carboxylic acids is 2. The van der Waals surface area contributed by atoms with Gasteiger partial charge in [-0.3, -0.25) is 9.59 Å². The second-order valence-electron chi connectivity index (χ2n) is 7.89. The van der Waals surface area contributed by atoms with Crippen LogP contribution < -0.4 is 10.6 Å². The van der Waals surface area contributed by atoms with Crippen LogP contribution in [0.15, 0.2) is 0 Å². The van der Waals surface area contributed by atoms with E-state index in [4.69, 9.17) is 18.9 Å². The molecule has 2 N–H and O–H groups in total. The minimum Gasteiger partial charge on any atom is -0.379 e. The Hall–Kier alpha value is -1.29. The Morgan fingerprint density at radius 2 is 1.38 bits per heavy atom. The van der Waals surface area contributed by atoms with Gasteiger partial charge in [0, 0.05) is 32.8 Å². The molecule has 1 unspecified atom stereocenters. The summed E-state index contributed by atoms with van der Waals surface area (Å²) >= 11 is 0. The first-order valence-corrected chi connectivity index (χ1v) is 12.0. The summed E-state index contributed by atoms with van der Waals surface area (Å²) < 4.78 is 35.1. The number of carbonyl (C=O) groups is 2. The zero-order valence-corrected chi connectivity index (χ0v) is 20.3. The minimum absolute atomic E-state index is 0.00913. The van der Waals surface area contributed by atoms with E-state index < -0.39 is 6.17 Å². The predicted molar refractivity (Wildman–Crippen MR) is 122 cm³/mol. The van der Waals surface area contributed by atoms with Gasteiger partial charge in [0.1, 0.15) is 12.8 Å². The normalized spacial score (nSPS) is 12.2. The molecule has 0 bridgehead atoms. The average molecular weight is 465 g/mol. The number of ether oxygens (including phenoxy) is 4. The van der Waals surface area contributed by atoms with Gasteiger partial charge in [-0.25, -0.2) is 4.39 Å². The van der Waals surface area contributed by atoms with Crippen molar-refractivity contribution in [1.29, 1.82) is 0 Å².